The number of nitrogens with zero attached hydrogens (tertiary/aromatic N) is 2. The lowest BCUT2D eigenvalue weighted by molar-refractivity contribution is 0.165. The minimum Gasteiger partial charge on any atom is -0.508 e. The maximum atomic E-state index is 10.2. The van der Waals surface area contributed by atoms with E-state index in [9.17, 15) is 5.11 Å². The standard InChI is InChI=1S/C17H26N2O/c1-3-16(15-6-4-5-7-17(15)20)19-11-10-13-8-9-14(12-19)18(13)2/h4-7,13-14,16,20H,3,8-12H2,1-2H3. The Labute approximate surface area is 122 Å². The van der Waals surface area contributed by atoms with E-state index in [1.54, 1.807) is 0 Å². The average Bonchev–Trinajstić information content (AvgIpc) is 2.68. The van der Waals surface area contributed by atoms with Crippen molar-refractivity contribution in [1.82, 2.24) is 9.80 Å². The number of phenolic OH excluding ortho intramolecular Hbond substituents is 1. The van der Waals surface area contributed by atoms with Crippen LogP contribution in [0, 0.1) is 0 Å². The van der Waals surface area contributed by atoms with Crippen LogP contribution in [0.2, 0.25) is 0 Å². The van der Waals surface area contributed by atoms with Crippen molar-refractivity contribution in [2.45, 2.75) is 50.7 Å². The molecule has 2 aliphatic heterocycles. The maximum absolute atomic E-state index is 10.2. The summed E-state index contributed by atoms with van der Waals surface area (Å²) >= 11 is 0. The summed E-state index contributed by atoms with van der Waals surface area (Å²) in [6, 6.07) is 9.65. The Balaban J connectivity index is 1.82. The molecule has 2 bridgehead atoms. The van der Waals surface area contributed by atoms with Crippen LogP contribution in [-0.4, -0.2) is 47.1 Å². The number of para-hydroxylation sites is 1. The molecule has 3 atom stereocenters. The Hall–Kier alpha value is -1.06. The molecule has 3 heteroatoms. The molecule has 1 aromatic rings. The van der Waals surface area contributed by atoms with Crippen LogP contribution in [0.15, 0.2) is 24.3 Å². The van der Waals surface area contributed by atoms with Crippen LogP contribution in [0.4, 0.5) is 0 Å². The summed E-state index contributed by atoms with van der Waals surface area (Å²) in [7, 11) is 2.28. The lowest BCUT2D eigenvalue weighted by Gasteiger charge is -2.33. The molecule has 0 spiro atoms. The fourth-order valence-corrected chi connectivity index (χ4v) is 4.06. The van der Waals surface area contributed by atoms with Crippen molar-refractivity contribution in [2.24, 2.45) is 0 Å². The number of rotatable bonds is 3. The highest BCUT2D eigenvalue weighted by Gasteiger charge is 2.36. The smallest absolute Gasteiger partial charge is 0.120 e. The molecule has 0 aliphatic carbocycles. The summed E-state index contributed by atoms with van der Waals surface area (Å²) < 4.78 is 0. The number of likely N-dealkylation sites (tertiary alicyclic amines) is 1. The molecule has 2 aliphatic rings. The summed E-state index contributed by atoms with van der Waals surface area (Å²) in [6.07, 6.45) is 5.01. The lowest BCUT2D eigenvalue weighted by atomic mass is 9.99. The van der Waals surface area contributed by atoms with Gasteiger partial charge in [0.25, 0.3) is 0 Å². The largest absolute Gasteiger partial charge is 0.508 e. The number of likely N-dealkylation sites (N-methyl/N-ethyl adjacent to an activating group) is 1. The zero-order valence-electron chi connectivity index (χ0n) is 12.6. The van der Waals surface area contributed by atoms with Crippen molar-refractivity contribution in [2.75, 3.05) is 20.1 Å². The van der Waals surface area contributed by atoms with Gasteiger partial charge in [-0.05, 0) is 38.8 Å². The predicted molar refractivity (Wildman–Crippen MR) is 81.9 cm³/mol. The topological polar surface area (TPSA) is 26.7 Å². The van der Waals surface area contributed by atoms with E-state index in [2.05, 4.69) is 29.8 Å². The second-order valence-corrected chi connectivity index (χ2v) is 6.32. The van der Waals surface area contributed by atoms with E-state index >= 15 is 0 Å². The Morgan fingerprint density at radius 3 is 2.70 bits per heavy atom. The molecule has 1 N–H and O–H groups in total. The number of phenols is 1. The Bertz CT molecular complexity index is 462. The number of aromatic hydroxyl groups is 1. The van der Waals surface area contributed by atoms with Crippen molar-refractivity contribution in [1.29, 1.82) is 0 Å². The van der Waals surface area contributed by atoms with Crippen molar-refractivity contribution >= 4 is 0 Å². The number of hydrogen-bond donors (Lipinski definition) is 1. The van der Waals surface area contributed by atoms with Gasteiger partial charge in [0.05, 0.1) is 0 Å². The van der Waals surface area contributed by atoms with Crippen molar-refractivity contribution < 1.29 is 5.11 Å². The van der Waals surface area contributed by atoms with Crippen LogP contribution in [0.1, 0.15) is 44.2 Å². The van der Waals surface area contributed by atoms with Gasteiger partial charge in [0.15, 0.2) is 0 Å². The molecule has 3 nitrogen and oxygen atoms in total. The maximum Gasteiger partial charge on any atom is 0.120 e. The first-order chi connectivity index (χ1) is 9.70. The minimum atomic E-state index is 0.351. The molecule has 2 heterocycles. The second kappa shape index (κ2) is 5.74. The van der Waals surface area contributed by atoms with Gasteiger partial charge in [0.1, 0.15) is 5.75 Å². The van der Waals surface area contributed by atoms with Crippen molar-refractivity contribution in [3.8, 4) is 5.75 Å². The third-order valence-corrected chi connectivity index (χ3v) is 5.30. The normalized spacial score (nSPS) is 29.3. The van der Waals surface area contributed by atoms with E-state index in [1.807, 2.05) is 18.2 Å². The van der Waals surface area contributed by atoms with E-state index in [0.717, 1.165) is 31.1 Å². The Kier molecular flexibility index (Phi) is 3.99. The zero-order valence-corrected chi connectivity index (χ0v) is 12.6. The SMILES string of the molecule is CCC(c1ccccc1O)N1CCC2CCC(C1)N2C. The van der Waals surface area contributed by atoms with Crippen LogP contribution in [-0.2, 0) is 0 Å². The third-order valence-electron chi connectivity index (χ3n) is 5.30. The highest BCUT2D eigenvalue weighted by atomic mass is 16.3. The first kappa shape index (κ1) is 13.9. The average molecular weight is 274 g/mol. The van der Waals surface area contributed by atoms with E-state index in [-0.39, 0.29) is 0 Å². The lowest BCUT2D eigenvalue weighted by Crippen LogP contribution is -2.38. The first-order valence-corrected chi connectivity index (χ1v) is 7.94. The first-order valence-electron chi connectivity index (χ1n) is 7.94. The minimum absolute atomic E-state index is 0.351. The van der Waals surface area contributed by atoms with Gasteiger partial charge in [0, 0.05) is 36.8 Å². The number of hydrogen-bond acceptors (Lipinski definition) is 3. The summed E-state index contributed by atoms with van der Waals surface area (Å²) in [4.78, 5) is 5.17. The molecule has 20 heavy (non-hydrogen) atoms. The molecule has 0 amide bonds. The van der Waals surface area contributed by atoms with E-state index in [4.69, 9.17) is 0 Å². The fraction of sp³-hybridized carbons (Fsp3) is 0.647. The molecular formula is C17H26N2O. The molecule has 1 aromatic carbocycles. The quantitative estimate of drug-likeness (QED) is 0.918. The van der Waals surface area contributed by atoms with Gasteiger partial charge in [-0.3, -0.25) is 9.80 Å². The van der Waals surface area contributed by atoms with Gasteiger partial charge in [-0.25, -0.2) is 0 Å². The van der Waals surface area contributed by atoms with E-state index < -0.39 is 0 Å². The van der Waals surface area contributed by atoms with Gasteiger partial charge < -0.3 is 5.11 Å². The van der Waals surface area contributed by atoms with Gasteiger partial charge >= 0.3 is 0 Å². The van der Waals surface area contributed by atoms with Gasteiger partial charge in [0.2, 0.25) is 0 Å². The van der Waals surface area contributed by atoms with Crippen molar-refractivity contribution in [3.05, 3.63) is 29.8 Å². The molecule has 3 unspecified atom stereocenters. The summed E-state index contributed by atoms with van der Waals surface area (Å²) in [6.45, 7) is 4.52. The summed E-state index contributed by atoms with van der Waals surface area (Å²) in [5.41, 5.74) is 1.09. The van der Waals surface area contributed by atoms with Crippen LogP contribution in [0.25, 0.3) is 0 Å². The van der Waals surface area contributed by atoms with Gasteiger partial charge in [-0.15, -0.1) is 0 Å². The molecule has 0 radical (unpaired) electrons. The van der Waals surface area contributed by atoms with E-state index in [0.29, 0.717) is 17.8 Å². The van der Waals surface area contributed by atoms with Crippen LogP contribution in [0.5, 0.6) is 5.75 Å². The molecule has 0 aromatic heterocycles. The fourth-order valence-electron chi connectivity index (χ4n) is 4.06. The molecule has 2 saturated heterocycles. The molecule has 3 rings (SSSR count). The Morgan fingerprint density at radius 2 is 1.95 bits per heavy atom. The van der Waals surface area contributed by atoms with Crippen LogP contribution < -0.4 is 0 Å². The molecule has 0 saturated carbocycles. The highest BCUT2D eigenvalue weighted by Crippen LogP contribution is 2.36. The number of benzene rings is 1. The molecule has 2 fully saturated rings. The summed E-state index contributed by atoms with van der Waals surface area (Å²) in [5, 5.41) is 10.2. The van der Waals surface area contributed by atoms with Crippen LogP contribution in [0.3, 0.4) is 0 Å². The van der Waals surface area contributed by atoms with Crippen molar-refractivity contribution in [3.63, 3.8) is 0 Å². The number of fused-ring (bicyclic) bond motifs is 2. The second-order valence-electron chi connectivity index (χ2n) is 6.32. The van der Waals surface area contributed by atoms with E-state index in [1.165, 1.54) is 19.3 Å². The Morgan fingerprint density at radius 1 is 1.20 bits per heavy atom. The van der Waals surface area contributed by atoms with Gasteiger partial charge in [-0.1, -0.05) is 25.1 Å². The third kappa shape index (κ3) is 2.45. The summed E-state index contributed by atoms with van der Waals surface area (Å²) in [5.74, 6) is 0.446. The van der Waals surface area contributed by atoms with Crippen LogP contribution >= 0.6 is 0 Å². The monoisotopic (exact) mass is 274 g/mol. The zero-order chi connectivity index (χ0) is 14.1. The molecular weight excluding hydrogens is 248 g/mol. The molecule has 110 valence electrons. The highest BCUT2D eigenvalue weighted by molar-refractivity contribution is 5.34. The van der Waals surface area contributed by atoms with Gasteiger partial charge in [-0.2, -0.15) is 0 Å². The predicted octanol–water partition coefficient (Wildman–Crippen LogP) is 3.01.